The number of nitriles is 1. The first-order valence-electron chi connectivity index (χ1n) is 6.31. The van der Waals surface area contributed by atoms with Crippen molar-refractivity contribution in [1.82, 2.24) is 15.1 Å². The summed E-state index contributed by atoms with van der Waals surface area (Å²) in [5.74, 6) is -0.770. The monoisotopic (exact) mass is 312 g/mol. The van der Waals surface area contributed by atoms with E-state index in [0.29, 0.717) is 0 Å². The first kappa shape index (κ1) is 15.3. The fraction of sp³-hybridized carbons (Fsp3) is 0.583. The molecule has 1 saturated carbocycles. The Hall–Kier alpha value is -2.08. The predicted molar refractivity (Wildman–Crippen MR) is 72.9 cm³/mol. The second-order valence-corrected chi connectivity index (χ2v) is 6.93. The molecule has 1 amide bonds. The second-order valence-electron chi connectivity index (χ2n) is 5.35. The van der Waals surface area contributed by atoms with Crippen molar-refractivity contribution in [3.63, 3.8) is 0 Å². The Kier molecular flexibility index (Phi) is 3.67. The number of hydrogen-bond acceptors (Lipinski definition) is 6. The Bertz CT molecular complexity index is 714. The lowest BCUT2D eigenvalue weighted by atomic mass is 9.97. The molecular weight excluding hydrogens is 296 g/mol. The first-order valence-corrected chi connectivity index (χ1v) is 8.13. The summed E-state index contributed by atoms with van der Waals surface area (Å²) in [4.78, 5) is 12.3. The van der Waals surface area contributed by atoms with E-state index >= 15 is 0 Å². The van der Waals surface area contributed by atoms with Crippen molar-refractivity contribution in [3.05, 3.63) is 11.8 Å². The molecule has 0 aliphatic heterocycles. The molecule has 8 nitrogen and oxygen atoms in total. The number of carbonyl (C=O) groups excluding carboxylic acids is 1. The summed E-state index contributed by atoms with van der Waals surface area (Å²) in [6.45, 7) is 1.65. The highest BCUT2D eigenvalue weighted by Gasteiger charge is 2.43. The molecule has 1 fully saturated rings. The summed E-state index contributed by atoms with van der Waals surface area (Å²) >= 11 is 0. The Labute approximate surface area is 122 Å². The zero-order chi connectivity index (χ0) is 15.8. The zero-order valence-electron chi connectivity index (χ0n) is 12.0. The highest BCUT2D eigenvalue weighted by molar-refractivity contribution is 7.86. The average Bonchev–Trinajstić information content (AvgIpc) is 3.13. The van der Waals surface area contributed by atoms with Gasteiger partial charge in [0.05, 0.1) is 12.3 Å². The van der Waals surface area contributed by atoms with Gasteiger partial charge in [0.2, 0.25) is 0 Å². The quantitative estimate of drug-likeness (QED) is 0.776. The van der Waals surface area contributed by atoms with E-state index in [4.69, 9.17) is 4.18 Å². The van der Waals surface area contributed by atoms with Crippen LogP contribution in [0.3, 0.4) is 0 Å². The smallest absolute Gasteiger partial charge is 0.307 e. The minimum atomic E-state index is -3.79. The lowest BCUT2D eigenvalue weighted by Gasteiger charge is -2.22. The SMILES string of the molecule is Cn1cc(C(=O)NC(C)(C#N)C2CC2)c(OS(C)(=O)=O)n1. The Balaban J connectivity index is 2.25. The van der Waals surface area contributed by atoms with E-state index in [0.717, 1.165) is 19.1 Å². The van der Waals surface area contributed by atoms with Crippen molar-refractivity contribution in [2.24, 2.45) is 13.0 Å². The normalized spacial score (nSPS) is 17.6. The maximum absolute atomic E-state index is 12.3. The van der Waals surface area contributed by atoms with Crippen molar-refractivity contribution < 1.29 is 17.4 Å². The molecule has 0 spiro atoms. The van der Waals surface area contributed by atoms with Gasteiger partial charge in [0.25, 0.3) is 11.8 Å². The van der Waals surface area contributed by atoms with Crippen molar-refractivity contribution in [2.75, 3.05) is 6.26 Å². The van der Waals surface area contributed by atoms with Gasteiger partial charge in [-0.1, -0.05) is 0 Å². The van der Waals surface area contributed by atoms with Gasteiger partial charge in [-0.15, -0.1) is 5.10 Å². The van der Waals surface area contributed by atoms with Gasteiger partial charge in [-0.3, -0.25) is 9.48 Å². The van der Waals surface area contributed by atoms with Gasteiger partial charge in [0.1, 0.15) is 11.1 Å². The number of nitrogens with zero attached hydrogens (tertiary/aromatic N) is 3. The highest BCUT2D eigenvalue weighted by atomic mass is 32.2. The van der Waals surface area contributed by atoms with Crippen molar-refractivity contribution in [2.45, 2.75) is 25.3 Å². The molecule has 0 aromatic carbocycles. The van der Waals surface area contributed by atoms with Crippen LogP contribution in [-0.4, -0.2) is 35.9 Å². The fourth-order valence-electron chi connectivity index (χ4n) is 2.01. The van der Waals surface area contributed by atoms with Crippen LogP contribution in [-0.2, 0) is 17.2 Å². The van der Waals surface area contributed by atoms with Crippen molar-refractivity contribution in [1.29, 1.82) is 5.26 Å². The second kappa shape index (κ2) is 5.04. The Morgan fingerprint density at radius 1 is 1.62 bits per heavy atom. The maximum Gasteiger partial charge on any atom is 0.307 e. The van der Waals surface area contributed by atoms with Gasteiger partial charge >= 0.3 is 10.1 Å². The first-order chi connectivity index (χ1) is 9.64. The maximum atomic E-state index is 12.3. The third kappa shape index (κ3) is 3.52. The van der Waals surface area contributed by atoms with Gasteiger partial charge in [-0.05, 0) is 25.7 Å². The Morgan fingerprint density at radius 2 is 2.24 bits per heavy atom. The van der Waals surface area contributed by atoms with E-state index < -0.39 is 21.6 Å². The minimum absolute atomic E-state index is 0.0231. The third-order valence-electron chi connectivity index (χ3n) is 3.27. The summed E-state index contributed by atoms with van der Waals surface area (Å²) in [7, 11) is -2.26. The van der Waals surface area contributed by atoms with Crippen LogP contribution in [0.2, 0.25) is 0 Å². The number of amides is 1. The number of aromatic nitrogens is 2. The van der Waals surface area contributed by atoms with Gasteiger partial charge in [0, 0.05) is 13.2 Å². The molecule has 114 valence electrons. The molecule has 0 saturated heterocycles. The molecule has 1 aromatic heterocycles. The van der Waals surface area contributed by atoms with Crippen LogP contribution in [0.5, 0.6) is 5.88 Å². The van der Waals surface area contributed by atoms with Crippen LogP contribution < -0.4 is 9.50 Å². The van der Waals surface area contributed by atoms with Crippen LogP contribution >= 0.6 is 0 Å². The van der Waals surface area contributed by atoms with Crippen LogP contribution in [0.25, 0.3) is 0 Å². The molecule has 0 radical (unpaired) electrons. The number of hydrogen-bond donors (Lipinski definition) is 1. The van der Waals surface area contributed by atoms with E-state index in [1.54, 1.807) is 6.92 Å². The average molecular weight is 312 g/mol. The molecule has 1 aliphatic rings. The summed E-state index contributed by atoms with van der Waals surface area (Å²) in [6.07, 6.45) is 3.97. The van der Waals surface area contributed by atoms with Gasteiger partial charge < -0.3 is 9.50 Å². The lowest BCUT2D eigenvalue weighted by molar-refractivity contribution is 0.0915. The van der Waals surface area contributed by atoms with E-state index in [2.05, 4.69) is 16.5 Å². The topological polar surface area (TPSA) is 114 Å². The predicted octanol–water partition coefficient (Wildman–Crippen LogP) is 0.181. The van der Waals surface area contributed by atoms with Crippen LogP contribution in [0.15, 0.2) is 6.20 Å². The summed E-state index contributed by atoms with van der Waals surface area (Å²) in [6, 6.07) is 2.10. The number of rotatable bonds is 5. The van der Waals surface area contributed by atoms with E-state index in [9.17, 15) is 18.5 Å². The largest absolute Gasteiger partial charge is 0.359 e. The van der Waals surface area contributed by atoms with Gasteiger partial charge in [0.15, 0.2) is 0 Å². The van der Waals surface area contributed by atoms with Crippen LogP contribution in [0.1, 0.15) is 30.1 Å². The molecule has 1 atom stereocenters. The minimum Gasteiger partial charge on any atom is -0.359 e. The molecular formula is C12H16N4O4S. The molecule has 9 heteroatoms. The Morgan fingerprint density at radius 3 is 2.71 bits per heavy atom. The molecule has 1 unspecified atom stereocenters. The highest BCUT2D eigenvalue weighted by Crippen LogP contribution is 2.39. The molecule has 1 aliphatic carbocycles. The van der Waals surface area contributed by atoms with Gasteiger partial charge in [-0.25, -0.2) is 0 Å². The van der Waals surface area contributed by atoms with E-state index in [1.807, 2.05) is 0 Å². The summed E-state index contributed by atoms with van der Waals surface area (Å²) in [5, 5.41) is 15.7. The van der Waals surface area contributed by atoms with Crippen molar-refractivity contribution >= 4 is 16.0 Å². The zero-order valence-corrected chi connectivity index (χ0v) is 12.8. The van der Waals surface area contributed by atoms with E-state index in [-0.39, 0.29) is 17.4 Å². The third-order valence-corrected chi connectivity index (χ3v) is 3.73. The van der Waals surface area contributed by atoms with Crippen LogP contribution in [0.4, 0.5) is 0 Å². The van der Waals surface area contributed by atoms with E-state index in [1.165, 1.54) is 17.9 Å². The van der Waals surface area contributed by atoms with Gasteiger partial charge in [-0.2, -0.15) is 13.7 Å². The number of aryl methyl sites for hydroxylation is 1. The molecule has 1 aromatic rings. The van der Waals surface area contributed by atoms with Crippen LogP contribution in [0, 0.1) is 17.2 Å². The standard InChI is InChI=1S/C12H16N4O4S/c1-12(7-13,8-4-5-8)14-10(17)9-6-16(2)15-11(9)20-21(3,18)19/h6,8H,4-5H2,1-3H3,(H,14,17). The molecule has 1 N–H and O–H groups in total. The molecule has 1 heterocycles. The number of carbonyl (C=O) groups is 1. The fourth-order valence-corrected chi connectivity index (χ4v) is 2.42. The molecule has 2 rings (SSSR count). The summed E-state index contributed by atoms with van der Waals surface area (Å²) in [5.41, 5.74) is -1.00. The van der Waals surface area contributed by atoms with Crippen molar-refractivity contribution in [3.8, 4) is 11.9 Å². The molecule has 0 bridgehead atoms. The number of nitrogens with one attached hydrogen (secondary N) is 1. The molecule has 21 heavy (non-hydrogen) atoms. The summed E-state index contributed by atoms with van der Waals surface area (Å²) < 4.78 is 28.3. The lowest BCUT2D eigenvalue weighted by Crippen LogP contribution is -2.46.